The molecule has 2 aliphatic carbocycles. The van der Waals surface area contributed by atoms with E-state index in [1.165, 1.54) is 24.3 Å². The topological polar surface area (TPSA) is 128 Å². The van der Waals surface area contributed by atoms with E-state index < -0.39 is 11.8 Å². The molecule has 0 atom stereocenters. The first kappa shape index (κ1) is 23.2. The normalized spacial score (nSPS) is 19.5. The number of rotatable bonds is 8. The molecule has 2 aliphatic rings. The average molecular weight is 464 g/mol. The summed E-state index contributed by atoms with van der Waals surface area (Å²) in [6, 6.07) is 3.70. The van der Waals surface area contributed by atoms with Crippen LogP contribution in [0.25, 0.3) is 5.70 Å². The summed E-state index contributed by atoms with van der Waals surface area (Å²) in [7, 11) is 1.66. The highest BCUT2D eigenvalue weighted by Gasteiger charge is 2.48. The lowest BCUT2D eigenvalue weighted by Crippen LogP contribution is -2.33. The Labute approximate surface area is 191 Å². The summed E-state index contributed by atoms with van der Waals surface area (Å²) in [5, 5.41) is 8.19. The van der Waals surface area contributed by atoms with Gasteiger partial charge in [0, 0.05) is 25.8 Å². The zero-order valence-electron chi connectivity index (χ0n) is 19.0. The van der Waals surface area contributed by atoms with Gasteiger partial charge in [0.1, 0.15) is 5.75 Å². The number of ether oxygens (including phenoxy) is 1. The molecule has 4 rings (SSSR count). The van der Waals surface area contributed by atoms with E-state index in [2.05, 4.69) is 20.4 Å². The average Bonchev–Trinajstić information content (AvgIpc) is 3.22. The summed E-state index contributed by atoms with van der Waals surface area (Å²) in [4.78, 5) is 8.78. The maximum Gasteiger partial charge on any atom is 0.263 e. The molecule has 0 amide bonds. The second-order valence-corrected chi connectivity index (χ2v) is 8.90. The third-order valence-corrected chi connectivity index (χ3v) is 6.19. The third kappa shape index (κ3) is 5.52. The lowest BCUT2D eigenvalue weighted by Gasteiger charge is -2.31. The van der Waals surface area contributed by atoms with Crippen molar-refractivity contribution in [2.45, 2.75) is 69.8 Å². The van der Waals surface area contributed by atoms with Crippen molar-refractivity contribution in [2.75, 3.05) is 18.9 Å². The first-order valence-corrected chi connectivity index (χ1v) is 11.3. The molecular weight excluding hydrogens is 432 g/mol. The molecule has 5 N–H and O–H groups in total. The Hall–Kier alpha value is -2.95. The van der Waals surface area contributed by atoms with Crippen molar-refractivity contribution < 1.29 is 18.0 Å². The highest BCUT2D eigenvalue weighted by Crippen LogP contribution is 2.47. The van der Waals surface area contributed by atoms with Gasteiger partial charge in [0.25, 0.3) is 5.95 Å². The molecule has 0 aromatic carbocycles. The highest BCUT2D eigenvalue weighted by molar-refractivity contribution is 5.64. The minimum Gasteiger partial charge on any atom is -0.489 e. The fraction of sp³-hybridized carbons (Fsp3) is 0.591. The van der Waals surface area contributed by atoms with Gasteiger partial charge in [0.2, 0.25) is 11.8 Å². The maximum atomic E-state index is 13.1. The van der Waals surface area contributed by atoms with Crippen LogP contribution in [0, 0.1) is 6.92 Å². The SMILES string of the molecule is Cc1nc(/C(N)=C(\CNc2noc(C3CC(F)(F)C3)n2)N(C)N)ccc1OC1CCCCC1. The van der Waals surface area contributed by atoms with Crippen molar-refractivity contribution in [3.05, 3.63) is 35.1 Å². The van der Waals surface area contributed by atoms with Gasteiger partial charge in [-0.25, -0.2) is 19.6 Å². The smallest absolute Gasteiger partial charge is 0.263 e. The van der Waals surface area contributed by atoms with Gasteiger partial charge in [-0.05, 0) is 49.9 Å². The third-order valence-electron chi connectivity index (χ3n) is 6.19. The number of hydrogen-bond acceptors (Lipinski definition) is 9. The number of halogens is 2. The Morgan fingerprint density at radius 1 is 1.24 bits per heavy atom. The Balaban J connectivity index is 1.43. The van der Waals surface area contributed by atoms with Crippen LogP contribution in [0.2, 0.25) is 0 Å². The summed E-state index contributed by atoms with van der Waals surface area (Å²) < 4.78 is 37.4. The summed E-state index contributed by atoms with van der Waals surface area (Å²) in [5.41, 5.74) is 8.67. The van der Waals surface area contributed by atoms with Gasteiger partial charge in [0.15, 0.2) is 0 Å². The molecule has 11 heteroatoms. The zero-order valence-corrected chi connectivity index (χ0v) is 19.0. The number of alkyl halides is 2. The van der Waals surface area contributed by atoms with Crippen molar-refractivity contribution in [1.29, 1.82) is 0 Å². The van der Waals surface area contributed by atoms with E-state index in [4.69, 9.17) is 20.8 Å². The number of aromatic nitrogens is 3. The lowest BCUT2D eigenvalue weighted by atomic mass is 9.81. The van der Waals surface area contributed by atoms with Crippen LogP contribution in [0.1, 0.15) is 68.1 Å². The molecule has 0 bridgehead atoms. The fourth-order valence-corrected chi connectivity index (χ4v) is 4.21. The molecule has 2 fully saturated rings. The van der Waals surface area contributed by atoms with E-state index >= 15 is 0 Å². The van der Waals surface area contributed by atoms with E-state index in [1.807, 2.05) is 19.1 Å². The predicted molar refractivity (Wildman–Crippen MR) is 119 cm³/mol. The zero-order chi connectivity index (χ0) is 23.6. The minimum absolute atomic E-state index is 0.188. The van der Waals surface area contributed by atoms with Crippen molar-refractivity contribution in [2.24, 2.45) is 11.6 Å². The molecule has 0 spiro atoms. The summed E-state index contributed by atoms with van der Waals surface area (Å²) in [6.07, 6.45) is 5.48. The molecule has 2 aromatic rings. The van der Waals surface area contributed by atoms with Gasteiger partial charge in [-0.2, -0.15) is 4.98 Å². The van der Waals surface area contributed by atoms with E-state index in [9.17, 15) is 8.78 Å². The molecule has 2 heterocycles. The standard InChI is InChI=1S/C22H31F2N7O2/c1-13-18(32-15-6-4-3-5-7-15)9-8-16(28-13)19(25)17(31(2)26)12-27-21-29-20(33-30-21)14-10-22(23,24)11-14/h8-9,14-15H,3-7,10-12,25-26H2,1-2H3,(H,27,30)/b19-17-. The van der Waals surface area contributed by atoms with Gasteiger partial charge in [-0.1, -0.05) is 6.42 Å². The quantitative estimate of drug-likeness (QED) is 0.398. The molecule has 2 saturated carbocycles. The van der Waals surface area contributed by atoms with E-state index in [-0.39, 0.29) is 37.3 Å². The molecule has 0 saturated heterocycles. The van der Waals surface area contributed by atoms with Crippen LogP contribution in [0.5, 0.6) is 5.75 Å². The molecule has 2 aromatic heterocycles. The second-order valence-electron chi connectivity index (χ2n) is 8.90. The number of likely N-dealkylation sites (N-methyl/N-ethyl adjacent to an activating group) is 1. The molecule has 0 radical (unpaired) electrons. The van der Waals surface area contributed by atoms with Gasteiger partial charge in [0.05, 0.1) is 35.4 Å². The number of hydrogen-bond donors (Lipinski definition) is 3. The lowest BCUT2D eigenvalue weighted by molar-refractivity contribution is -0.0925. The van der Waals surface area contributed by atoms with E-state index in [0.717, 1.165) is 24.3 Å². The van der Waals surface area contributed by atoms with Crippen LogP contribution in [0.3, 0.4) is 0 Å². The largest absolute Gasteiger partial charge is 0.489 e. The van der Waals surface area contributed by atoms with Crippen molar-refractivity contribution in [3.8, 4) is 5.75 Å². The van der Waals surface area contributed by atoms with Crippen LogP contribution in [0.4, 0.5) is 14.7 Å². The number of hydrazine groups is 1. The fourth-order valence-electron chi connectivity index (χ4n) is 4.21. The molecule has 9 nitrogen and oxygen atoms in total. The molecule has 0 aliphatic heterocycles. The summed E-state index contributed by atoms with van der Waals surface area (Å²) in [6.45, 7) is 2.09. The number of pyridine rings is 1. The van der Waals surface area contributed by atoms with Crippen molar-refractivity contribution in [1.82, 2.24) is 20.1 Å². The number of nitrogens with one attached hydrogen (secondary N) is 1. The van der Waals surface area contributed by atoms with Gasteiger partial charge in [-0.3, -0.25) is 0 Å². The van der Waals surface area contributed by atoms with Crippen LogP contribution < -0.4 is 21.6 Å². The first-order valence-electron chi connectivity index (χ1n) is 11.3. The van der Waals surface area contributed by atoms with Crippen molar-refractivity contribution >= 4 is 11.6 Å². The second kappa shape index (κ2) is 9.50. The van der Waals surface area contributed by atoms with Crippen molar-refractivity contribution in [3.63, 3.8) is 0 Å². The monoisotopic (exact) mass is 463 g/mol. The molecule has 33 heavy (non-hydrogen) atoms. The van der Waals surface area contributed by atoms with Crippen LogP contribution in [0.15, 0.2) is 22.4 Å². The highest BCUT2D eigenvalue weighted by atomic mass is 19.3. The summed E-state index contributed by atoms with van der Waals surface area (Å²) >= 11 is 0. The number of nitrogens with zero attached hydrogens (tertiary/aromatic N) is 4. The molecular formula is C22H31F2N7O2. The van der Waals surface area contributed by atoms with E-state index in [1.54, 1.807) is 7.05 Å². The summed E-state index contributed by atoms with van der Waals surface area (Å²) in [5.74, 6) is 4.09. The Morgan fingerprint density at radius 2 is 1.97 bits per heavy atom. The minimum atomic E-state index is -2.65. The first-order chi connectivity index (χ1) is 15.7. The maximum absolute atomic E-state index is 13.1. The van der Waals surface area contributed by atoms with Gasteiger partial charge >= 0.3 is 0 Å². The van der Waals surface area contributed by atoms with Crippen LogP contribution >= 0.6 is 0 Å². The Kier molecular flexibility index (Phi) is 6.68. The Morgan fingerprint density at radius 3 is 2.61 bits per heavy atom. The molecule has 180 valence electrons. The number of aryl methyl sites for hydroxylation is 1. The van der Waals surface area contributed by atoms with Gasteiger partial charge in [-0.15, -0.1) is 0 Å². The number of nitrogens with two attached hydrogens (primary N) is 2. The Bertz CT molecular complexity index is 994. The van der Waals surface area contributed by atoms with Crippen LogP contribution in [-0.2, 0) is 0 Å². The number of anilines is 1. The van der Waals surface area contributed by atoms with Crippen LogP contribution in [-0.4, -0.2) is 45.8 Å². The van der Waals surface area contributed by atoms with E-state index in [0.29, 0.717) is 17.1 Å². The predicted octanol–water partition coefficient (Wildman–Crippen LogP) is 3.54. The van der Waals surface area contributed by atoms with Gasteiger partial charge < -0.3 is 25.3 Å². The molecule has 0 unspecified atom stereocenters.